The van der Waals surface area contributed by atoms with Crippen LogP contribution in [0.15, 0.2) is 52.5 Å². The van der Waals surface area contributed by atoms with Crippen molar-refractivity contribution in [1.29, 1.82) is 0 Å². The SMILES string of the molecule is Cc1ccc2nc(Nc3ccc(Cl)cc3)c(/C=N/O)c(=O)n2c1. The lowest BCUT2D eigenvalue weighted by Crippen LogP contribution is -2.22. The first kappa shape index (κ1) is 15.1. The topological polar surface area (TPSA) is 79.0 Å². The Hall–Kier alpha value is -2.86. The van der Waals surface area contributed by atoms with E-state index in [0.29, 0.717) is 22.2 Å². The van der Waals surface area contributed by atoms with Gasteiger partial charge in [-0.05, 0) is 42.8 Å². The lowest BCUT2D eigenvalue weighted by Gasteiger charge is -2.10. The summed E-state index contributed by atoms with van der Waals surface area (Å²) in [5.74, 6) is 0.305. The van der Waals surface area contributed by atoms with Crippen molar-refractivity contribution in [3.05, 3.63) is 69.1 Å². The van der Waals surface area contributed by atoms with E-state index in [1.165, 1.54) is 4.40 Å². The van der Waals surface area contributed by atoms with E-state index >= 15 is 0 Å². The highest BCUT2D eigenvalue weighted by Gasteiger charge is 2.12. The lowest BCUT2D eigenvalue weighted by molar-refractivity contribution is 0.322. The average Bonchev–Trinajstić information content (AvgIpc) is 2.54. The van der Waals surface area contributed by atoms with Crippen LogP contribution in [0.3, 0.4) is 0 Å². The second kappa shape index (κ2) is 6.10. The largest absolute Gasteiger partial charge is 0.411 e. The van der Waals surface area contributed by atoms with Crippen molar-refractivity contribution in [2.75, 3.05) is 5.32 Å². The van der Waals surface area contributed by atoms with Crippen molar-refractivity contribution in [3.8, 4) is 0 Å². The molecule has 0 saturated carbocycles. The van der Waals surface area contributed by atoms with E-state index in [9.17, 15) is 4.79 Å². The van der Waals surface area contributed by atoms with Crippen LogP contribution < -0.4 is 10.9 Å². The number of hydrogen-bond donors (Lipinski definition) is 2. The number of fused-ring (bicyclic) bond motifs is 1. The van der Waals surface area contributed by atoms with Gasteiger partial charge in [0, 0.05) is 16.9 Å². The third kappa shape index (κ3) is 3.02. The maximum atomic E-state index is 12.6. The molecule has 1 aromatic carbocycles. The second-order valence-electron chi connectivity index (χ2n) is 4.99. The molecule has 0 fully saturated rings. The number of benzene rings is 1. The van der Waals surface area contributed by atoms with Crippen LogP contribution in [0.4, 0.5) is 11.5 Å². The molecule has 2 heterocycles. The number of nitrogens with one attached hydrogen (secondary N) is 1. The summed E-state index contributed by atoms with van der Waals surface area (Å²) in [6.07, 6.45) is 2.76. The maximum absolute atomic E-state index is 12.6. The Kier molecular flexibility index (Phi) is 3.99. The molecule has 6 nitrogen and oxygen atoms in total. The predicted molar refractivity (Wildman–Crippen MR) is 90.3 cm³/mol. The number of hydrogen-bond acceptors (Lipinski definition) is 5. The van der Waals surface area contributed by atoms with Crippen LogP contribution >= 0.6 is 11.6 Å². The average molecular weight is 329 g/mol. The zero-order valence-electron chi connectivity index (χ0n) is 12.2. The Morgan fingerprint density at radius 3 is 2.70 bits per heavy atom. The smallest absolute Gasteiger partial charge is 0.269 e. The van der Waals surface area contributed by atoms with Crippen molar-refractivity contribution in [2.24, 2.45) is 5.16 Å². The fourth-order valence-corrected chi connectivity index (χ4v) is 2.32. The Bertz CT molecular complexity index is 949. The monoisotopic (exact) mass is 328 g/mol. The molecule has 3 rings (SSSR count). The molecule has 0 unspecified atom stereocenters. The van der Waals surface area contributed by atoms with E-state index in [0.717, 1.165) is 11.8 Å². The maximum Gasteiger partial charge on any atom is 0.269 e. The molecule has 0 bridgehead atoms. The quantitative estimate of drug-likeness (QED) is 0.439. The second-order valence-corrected chi connectivity index (χ2v) is 5.43. The van der Waals surface area contributed by atoms with Crippen LogP contribution in [-0.4, -0.2) is 20.8 Å². The number of nitrogens with zero attached hydrogens (tertiary/aromatic N) is 3. The number of anilines is 2. The zero-order valence-corrected chi connectivity index (χ0v) is 12.9. The number of rotatable bonds is 3. The van der Waals surface area contributed by atoms with Gasteiger partial charge in [-0.25, -0.2) is 4.98 Å². The van der Waals surface area contributed by atoms with E-state index in [1.54, 1.807) is 36.5 Å². The van der Waals surface area contributed by atoms with Gasteiger partial charge in [-0.2, -0.15) is 0 Å². The Morgan fingerprint density at radius 1 is 1.26 bits per heavy atom. The van der Waals surface area contributed by atoms with Gasteiger partial charge >= 0.3 is 0 Å². The van der Waals surface area contributed by atoms with Crippen LogP contribution in [0.1, 0.15) is 11.1 Å². The fraction of sp³-hybridized carbons (Fsp3) is 0.0625. The predicted octanol–water partition coefficient (Wildman–Crippen LogP) is 3.21. The molecular weight excluding hydrogens is 316 g/mol. The molecule has 0 saturated heterocycles. The standard InChI is InChI=1S/C16H13ClN4O2/c1-10-2-7-14-20-15(19-12-5-3-11(17)4-6-12)13(8-18-23)16(22)21(14)9-10/h2-9,19,23H,1H3/b18-8+. The summed E-state index contributed by atoms with van der Waals surface area (Å²) >= 11 is 5.86. The molecule has 23 heavy (non-hydrogen) atoms. The Labute approximate surface area is 136 Å². The van der Waals surface area contributed by atoms with Gasteiger partial charge in [0.25, 0.3) is 5.56 Å². The molecule has 3 aromatic rings. The molecule has 2 N–H and O–H groups in total. The number of oxime groups is 1. The van der Waals surface area contributed by atoms with Gasteiger partial charge in [0.1, 0.15) is 17.0 Å². The minimum atomic E-state index is -0.326. The first-order valence-electron chi connectivity index (χ1n) is 6.81. The van der Waals surface area contributed by atoms with Crippen LogP contribution in [0.5, 0.6) is 0 Å². The molecule has 0 aliphatic carbocycles. The van der Waals surface area contributed by atoms with Gasteiger partial charge in [-0.3, -0.25) is 9.20 Å². The van der Waals surface area contributed by atoms with Gasteiger partial charge in [-0.15, -0.1) is 0 Å². The van der Waals surface area contributed by atoms with Gasteiger partial charge in [-0.1, -0.05) is 22.8 Å². The summed E-state index contributed by atoms with van der Waals surface area (Å²) in [7, 11) is 0. The normalized spacial score (nSPS) is 11.2. The Morgan fingerprint density at radius 2 is 2.00 bits per heavy atom. The zero-order chi connectivity index (χ0) is 16.4. The highest BCUT2D eigenvalue weighted by molar-refractivity contribution is 6.30. The van der Waals surface area contributed by atoms with E-state index in [2.05, 4.69) is 15.5 Å². The van der Waals surface area contributed by atoms with E-state index < -0.39 is 0 Å². The van der Waals surface area contributed by atoms with E-state index in [-0.39, 0.29) is 11.1 Å². The van der Waals surface area contributed by atoms with Crippen molar-refractivity contribution in [1.82, 2.24) is 9.38 Å². The first-order chi connectivity index (χ1) is 11.1. The molecule has 0 spiro atoms. The third-order valence-electron chi connectivity index (χ3n) is 3.30. The van der Waals surface area contributed by atoms with Gasteiger partial charge in [0.05, 0.1) is 6.21 Å². The summed E-state index contributed by atoms with van der Waals surface area (Å²) < 4.78 is 1.42. The Balaban J connectivity index is 2.18. The minimum absolute atomic E-state index is 0.158. The molecule has 0 atom stereocenters. The lowest BCUT2D eigenvalue weighted by atomic mass is 10.2. The number of aromatic nitrogens is 2. The molecule has 2 aromatic heterocycles. The van der Waals surface area contributed by atoms with Crippen LogP contribution in [-0.2, 0) is 0 Å². The van der Waals surface area contributed by atoms with Crippen molar-refractivity contribution in [3.63, 3.8) is 0 Å². The minimum Gasteiger partial charge on any atom is -0.411 e. The van der Waals surface area contributed by atoms with Gasteiger partial charge in [0.2, 0.25) is 0 Å². The summed E-state index contributed by atoms with van der Waals surface area (Å²) in [6.45, 7) is 1.88. The summed E-state index contributed by atoms with van der Waals surface area (Å²) in [5.41, 5.74) is 1.96. The number of aryl methyl sites for hydroxylation is 1. The van der Waals surface area contributed by atoms with Gasteiger partial charge < -0.3 is 10.5 Å². The molecule has 116 valence electrons. The summed E-state index contributed by atoms with van der Waals surface area (Å²) in [6, 6.07) is 10.6. The van der Waals surface area contributed by atoms with Crippen LogP contribution in [0.2, 0.25) is 5.02 Å². The number of pyridine rings is 1. The van der Waals surface area contributed by atoms with Crippen molar-refractivity contribution in [2.45, 2.75) is 6.92 Å². The van der Waals surface area contributed by atoms with Crippen molar-refractivity contribution < 1.29 is 5.21 Å². The van der Waals surface area contributed by atoms with Crippen molar-refractivity contribution >= 4 is 35.0 Å². The summed E-state index contributed by atoms with van der Waals surface area (Å²) in [4.78, 5) is 17.0. The fourth-order valence-electron chi connectivity index (χ4n) is 2.20. The first-order valence-corrected chi connectivity index (χ1v) is 7.19. The third-order valence-corrected chi connectivity index (χ3v) is 3.55. The molecular formula is C16H13ClN4O2. The highest BCUT2D eigenvalue weighted by Crippen LogP contribution is 2.19. The summed E-state index contributed by atoms with van der Waals surface area (Å²) in [5, 5.41) is 15.5. The van der Waals surface area contributed by atoms with Crippen LogP contribution in [0, 0.1) is 6.92 Å². The van der Waals surface area contributed by atoms with E-state index in [4.69, 9.17) is 16.8 Å². The van der Waals surface area contributed by atoms with E-state index in [1.807, 2.05) is 13.0 Å². The molecule has 0 aliphatic heterocycles. The van der Waals surface area contributed by atoms with Gasteiger partial charge in [0.15, 0.2) is 0 Å². The molecule has 7 heteroatoms. The highest BCUT2D eigenvalue weighted by atomic mass is 35.5. The molecule has 0 amide bonds. The number of halogens is 1. The molecule has 0 radical (unpaired) electrons. The van der Waals surface area contributed by atoms with Crippen LogP contribution in [0.25, 0.3) is 5.65 Å². The molecule has 0 aliphatic rings.